The van der Waals surface area contributed by atoms with Gasteiger partial charge in [0.1, 0.15) is 0 Å². The van der Waals surface area contributed by atoms with Gasteiger partial charge in [-0.05, 0) is 25.5 Å². The Hall–Kier alpha value is -1.56. The van der Waals surface area contributed by atoms with Gasteiger partial charge in [0.05, 0.1) is 6.10 Å². The summed E-state index contributed by atoms with van der Waals surface area (Å²) in [5, 5.41) is 2.57. The first kappa shape index (κ1) is 13.9. The summed E-state index contributed by atoms with van der Waals surface area (Å²) >= 11 is 0. The summed E-state index contributed by atoms with van der Waals surface area (Å²) in [4.78, 5) is 11.7. The van der Waals surface area contributed by atoms with Gasteiger partial charge in [0, 0.05) is 24.6 Å². The number of ether oxygens (including phenoxy) is 1. The van der Waals surface area contributed by atoms with Crippen molar-refractivity contribution in [3.05, 3.63) is 35.1 Å². The van der Waals surface area contributed by atoms with Gasteiger partial charge in [0.25, 0.3) is 5.91 Å². The molecule has 2 rings (SSSR count). The Bertz CT molecular complexity index is 470. The van der Waals surface area contributed by atoms with Crippen molar-refractivity contribution in [2.75, 3.05) is 13.2 Å². The molecule has 0 aromatic heterocycles. The molecule has 1 saturated heterocycles. The van der Waals surface area contributed by atoms with Crippen molar-refractivity contribution in [1.82, 2.24) is 5.32 Å². The maximum atomic E-state index is 13.0. The van der Waals surface area contributed by atoms with Crippen LogP contribution in [0.5, 0.6) is 0 Å². The number of hydrogen-bond acceptors (Lipinski definition) is 2. The minimum absolute atomic E-state index is 0.0435. The summed E-state index contributed by atoms with van der Waals surface area (Å²) in [7, 11) is 0. The second-order valence-corrected chi connectivity index (χ2v) is 4.59. The van der Waals surface area contributed by atoms with Gasteiger partial charge < -0.3 is 10.1 Å². The fourth-order valence-electron chi connectivity index (χ4n) is 2.06. The molecule has 1 N–H and O–H groups in total. The van der Waals surface area contributed by atoms with Gasteiger partial charge in [-0.1, -0.05) is 0 Å². The van der Waals surface area contributed by atoms with E-state index in [0.29, 0.717) is 25.3 Å². The van der Waals surface area contributed by atoms with Crippen LogP contribution in [0, 0.1) is 23.4 Å². The predicted octanol–water partition coefficient (Wildman–Crippen LogP) is 2.26. The molecule has 1 aliphatic heterocycles. The molecule has 104 valence electrons. The number of hydrogen-bond donors (Lipinski definition) is 1. The number of carbonyl (C=O) groups excluding carboxylic acids is 1. The van der Waals surface area contributed by atoms with Crippen molar-refractivity contribution in [3.63, 3.8) is 0 Å². The minimum atomic E-state index is -1.57. The molecule has 19 heavy (non-hydrogen) atoms. The van der Waals surface area contributed by atoms with Gasteiger partial charge in [-0.25, -0.2) is 13.2 Å². The highest BCUT2D eigenvalue weighted by Gasteiger charge is 2.25. The normalized spacial score (nSPS) is 22.5. The van der Waals surface area contributed by atoms with Crippen molar-refractivity contribution in [1.29, 1.82) is 0 Å². The molecule has 0 saturated carbocycles. The topological polar surface area (TPSA) is 38.3 Å². The van der Waals surface area contributed by atoms with Crippen LogP contribution in [0.3, 0.4) is 0 Å². The second-order valence-electron chi connectivity index (χ2n) is 4.59. The van der Waals surface area contributed by atoms with E-state index in [1.165, 1.54) is 0 Å². The molecule has 0 radical (unpaired) electrons. The van der Waals surface area contributed by atoms with Gasteiger partial charge in [-0.15, -0.1) is 0 Å². The van der Waals surface area contributed by atoms with Gasteiger partial charge in [0.2, 0.25) is 0 Å². The number of rotatable bonds is 3. The Kier molecular flexibility index (Phi) is 4.09. The zero-order valence-corrected chi connectivity index (χ0v) is 10.4. The molecule has 0 aliphatic carbocycles. The van der Waals surface area contributed by atoms with E-state index in [-0.39, 0.29) is 17.6 Å². The van der Waals surface area contributed by atoms with E-state index < -0.39 is 23.4 Å². The Morgan fingerprint density at radius 2 is 2.00 bits per heavy atom. The molecule has 1 aromatic carbocycles. The molecule has 3 nitrogen and oxygen atoms in total. The average molecular weight is 273 g/mol. The van der Waals surface area contributed by atoms with E-state index in [1.54, 1.807) is 0 Å². The van der Waals surface area contributed by atoms with E-state index >= 15 is 0 Å². The highest BCUT2D eigenvalue weighted by atomic mass is 19.2. The summed E-state index contributed by atoms with van der Waals surface area (Å²) in [6, 6.07) is 1.37. The Morgan fingerprint density at radius 3 is 2.53 bits per heavy atom. The summed E-state index contributed by atoms with van der Waals surface area (Å²) in [6.45, 7) is 2.91. The Balaban J connectivity index is 2.00. The van der Waals surface area contributed by atoms with E-state index in [1.807, 2.05) is 6.92 Å². The largest absolute Gasteiger partial charge is 0.378 e. The first-order valence-electron chi connectivity index (χ1n) is 6.03. The maximum Gasteiger partial charge on any atom is 0.251 e. The number of halogens is 3. The van der Waals surface area contributed by atoms with Crippen LogP contribution in [0.15, 0.2) is 12.1 Å². The lowest BCUT2D eigenvalue weighted by molar-refractivity contribution is 0.0906. The molecule has 2 unspecified atom stereocenters. The third kappa shape index (κ3) is 3.07. The van der Waals surface area contributed by atoms with Crippen molar-refractivity contribution in [3.8, 4) is 0 Å². The highest BCUT2D eigenvalue weighted by Crippen LogP contribution is 2.19. The summed E-state index contributed by atoms with van der Waals surface area (Å²) in [6.07, 6.45) is 0.870. The SMILES string of the molecule is CC1OCCC1CNC(=O)c1cc(F)c(F)c(F)c1. The van der Waals surface area contributed by atoms with Gasteiger partial charge in [-0.2, -0.15) is 0 Å². The first-order chi connectivity index (χ1) is 8.99. The van der Waals surface area contributed by atoms with Crippen LogP contribution in [0.4, 0.5) is 13.2 Å². The fourth-order valence-corrected chi connectivity index (χ4v) is 2.06. The molecular weight excluding hydrogens is 259 g/mol. The van der Waals surface area contributed by atoms with Gasteiger partial charge in [-0.3, -0.25) is 4.79 Å². The van der Waals surface area contributed by atoms with Gasteiger partial charge in [0.15, 0.2) is 17.5 Å². The monoisotopic (exact) mass is 273 g/mol. The molecule has 2 atom stereocenters. The zero-order valence-electron chi connectivity index (χ0n) is 10.4. The van der Waals surface area contributed by atoms with Crippen molar-refractivity contribution >= 4 is 5.91 Å². The lowest BCUT2D eigenvalue weighted by atomic mass is 10.0. The van der Waals surface area contributed by atoms with Crippen LogP contribution in [0.25, 0.3) is 0 Å². The second kappa shape index (κ2) is 5.61. The Labute approximate surface area is 108 Å². The summed E-state index contributed by atoms with van der Waals surface area (Å²) in [5.74, 6) is -4.77. The van der Waals surface area contributed by atoms with E-state index in [9.17, 15) is 18.0 Å². The molecular formula is C13H14F3NO2. The number of benzene rings is 1. The van der Waals surface area contributed by atoms with Crippen LogP contribution in [-0.4, -0.2) is 25.2 Å². The predicted molar refractivity (Wildman–Crippen MR) is 62.2 cm³/mol. The Morgan fingerprint density at radius 1 is 1.37 bits per heavy atom. The fraction of sp³-hybridized carbons (Fsp3) is 0.462. The van der Waals surface area contributed by atoms with Crippen LogP contribution in [-0.2, 0) is 4.74 Å². The molecule has 1 fully saturated rings. The van der Waals surface area contributed by atoms with E-state index in [2.05, 4.69) is 5.32 Å². The molecule has 0 bridgehead atoms. The molecule has 1 aliphatic rings. The third-order valence-electron chi connectivity index (χ3n) is 3.30. The van der Waals surface area contributed by atoms with Crippen molar-refractivity contribution < 1.29 is 22.7 Å². The lowest BCUT2D eigenvalue weighted by Gasteiger charge is -2.14. The average Bonchev–Trinajstić information content (AvgIpc) is 2.78. The van der Waals surface area contributed by atoms with Crippen molar-refractivity contribution in [2.45, 2.75) is 19.4 Å². The van der Waals surface area contributed by atoms with E-state index in [0.717, 1.165) is 6.42 Å². The molecule has 1 aromatic rings. The number of nitrogens with one attached hydrogen (secondary N) is 1. The van der Waals surface area contributed by atoms with Crippen LogP contribution in [0.1, 0.15) is 23.7 Å². The highest BCUT2D eigenvalue weighted by molar-refractivity contribution is 5.94. The minimum Gasteiger partial charge on any atom is -0.378 e. The summed E-state index contributed by atoms with van der Waals surface area (Å²) in [5.41, 5.74) is -0.233. The zero-order chi connectivity index (χ0) is 14.0. The lowest BCUT2D eigenvalue weighted by Crippen LogP contribution is -2.32. The summed E-state index contributed by atoms with van der Waals surface area (Å²) < 4.78 is 44.1. The first-order valence-corrected chi connectivity index (χ1v) is 6.03. The van der Waals surface area contributed by atoms with Crippen LogP contribution >= 0.6 is 0 Å². The third-order valence-corrected chi connectivity index (χ3v) is 3.30. The van der Waals surface area contributed by atoms with Gasteiger partial charge >= 0.3 is 0 Å². The van der Waals surface area contributed by atoms with Crippen molar-refractivity contribution in [2.24, 2.45) is 5.92 Å². The molecule has 0 spiro atoms. The molecule has 1 amide bonds. The number of carbonyl (C=O) groups is 1. The standard InChI is InChI=1S/C13H14F3NO2/c1-7-8(2-3-19-7)6-17-13(18)9-4-10(14)12(16)11(15)5-9/h4-5,7-8H,2-3,6H2,1H3,(H,17,18). The molecule has 6 heteroatoms. The van der Waals surface area contributed by atoms with Crippen LogP contribution < -0.4 is 5.32 Å². The smallest absolute Gasteiger partial charge is 0.251 e. The number of amides is 1. The van der Waals surface area contributed by atoms with Crippen LogP contribution in [0.2, 0.25) is 0 Å². The quantitative estimate of drug-likeness (QED) is 0.858. The maximum absolute atomic E-state index is 13.0. The van der Waals surface area contributed by atoms with E-state index in [4.69, 9.17) is 4.74 Å². The molecule has 1 heterocycles.